The summed E-state index contributed by atoms with van der Waals surface area (Å²) >= 11 is 0. The SMILES string of the molecule is CC(CCCC(=O)N1CCCCCC1C(=O)O)NC(=O)OCC1c2ccccc2-c2ccccc21. The highest BCUT2D eigenvalue weighted by Gasteiger charge is 2.31. The summed E-state index contributed by atoms with van der Waals surface area (Å²) in [5, 5.41) is 12.3. The molecule has 1 fully saturated rings. The van der Waals surface area contributed by atoms with E-state index in [4.69, 9.17) is 4.74 Å². The third kappa shape index (κ3) is 5.84. The minimum absolute atomic E-state index is 0.0110. The standard InChI is InChI=1S/C28H34N2O5/c1-19(10-9-16-26(31)30-17-8-2-3-15-25(30)27(32)33)29-28(34)35-18-24-22-13-6-4-11-20(22)21-12-5-7-14-23(21)24/h4-7,11-14,19,24-25H,2-3,8-10,15-18H2,1H3,(H,29,34)(H,32,33). The van der Waals surface area contributed by atoms with Gasteiger partial charge in [-0.25, -0.2) is 9.59 Å². The van der Waals surface area contributed by atoms with E-state index in [1.165, 1.54) is 27.2 Å². The van der Waals surface area contributed by atoms with E-state index in [2.05, 4.69) is 29.6 Å². The van der Waals surface area contributed by atoms with Crippen LogP contribution in [0.25, 0.3) is 11.1 Å². The molecule has 35 heavy (non-hydrogen) atoms. The number of fused-ring (bicyclic) bond motifs is 3. The number of rotatable bonds is 8. The normalized spacial score (nSPS) is 18.2. The second kappa shape index (κ2) is 11.4. The molecule has 2 unspecified atom stereocenters. The predicted octanol–water partition coefficient (Wildman–Crippen LogP) is 4.94. The van der Waals surface area contributed by atoms with E-state index in [1.54, 1.807) is 0 Å². The summed E-state index contributed by atoms with van der Waals surface area (Å²) in [5.74, 6) is -1.03. The van der Waals surface area contributed by atoms with Crippen molar-refractivity contribution >= 4 is 18.0 Å². The van der Waals surface area contributed by atoms with E-state index < -0.39 is 18.1 Å². The topological polar surface area (TPSA) is 95.9 Å². The summed E-state index contributed by atoms with van der Waals surface area (Å²) in [5.41, 5.74) is 4.71. The second-order valence-corrected chi connectivity index (χ2v) is 9.55. The van der Waals surface area contributed by atoms with Crippen LogP contribution in [-0.2, 0) is 14.3 Å². The Morgan fingerprint density at radius 3 is 2.34 bits per heavy atom. The Balaban J connectivity index is 1.23. The maximum Gasteiger partial charge on any atom is 0.407 e. The van der Waals surface area contributed by atoms with Crippen LogP contribution in [0.15, 0.2) is 48.5 Å². The molecule has 1 heterocycles. The van der Waals surface area contributed by atoms with E-state index >= 15 is 0 Å². The summed E-state index contributed by atoms with van der Waals surface area (Å²) in [4.78, 5) is 38.2. The molecule has 2 aliphatic rings. The van der Waals surface area contributed by atoms with Crippen LogP contribution in [0, 0.1) is 0 Å². The van der Waals surface area contributed by atoms with Crippen molar-refractivity contribution in [1.82, 2.24) is 10.2 Å². The smallest absolute Gasteiger partial charge is 0.407 e. The number of likely N-dealkylation sites (tertiary alicyclic amines) is 1. The molecule has 0 aromatic heterocycles. The van der Waals surface area contributed by atoms with Crippen molar-refractivity contribution in [2.75, 3.05) is 13.2 Å². The molecule has 2 amide bonds. The molecule has 7 nitrogen and oxygen atoms in total. The van der Waals surface area contributed by atoms with Gasteiger partial charge in [0.1, 0.15) is 12.6 Å². The minimum atomic E-state index is -0.925. The van der Waals surface area contributed by atoms with Gasteiger partial charge >= 0.3 is 12.1 Å². The Morgan fingerprint density at radius 1 is 1.03 bits per heavy atom. The second-order valence-electron chi connectivity index (χ2n) is 9.55. The lowest BCUT2D eigenvalue weighted by Gasteiger charge is -2.27. The zero-order valence-electron chi connectivity index (χ0n) is 20.2. The molecule has 0 radical (unpaired) electrons. The maximum atomic E-state index is 12.7. The summed E-state index contributed by atoms with van der Waals surface area (Å²) in [6, 6.07) is 15.5. The first-order valence-corrected chi connectivity index (χ1v) is 12.6. The molecule has 4 rings (SSSR count). The average molecular weight is 479 g/mol. The van der Waals surface area contributed by atoms with E-state index in [-0.39, 0.29) is 30.9 Å². The monoisotopic (exact) mass is 478 g/mol. The number of hydrogen-bond acceptors (Lipinski definition) is 4. The molecule has 0 spiro atoms. The molecule has 0 saturated carbocycles. The van der Waals surface area contributed by atoms with Crippen LogP contribution in [0.1, 0.15) is 68.9 Å². The first-order chi connectivity index (χ1) is 17.0. The maximum absolute atomic E-state index is 12.7. The van der Waals surface area contributed by atoms with Gasteiger partial charge in [0.05, 0.1) is 0 Å². The average Bonchev–Trinajstić information content (AvgIpc) is 2.98. The van der Waals surface area contributed by atoms with Crippen molar-refractivity contribution < 1.29 is 24.2 Å². The van der Waals surface area contributed by atoms with Gasteiger partial charge in [0.2, 0.25) is 5.91 Å². The van der Waals surface area contributed by atoms with Crippen molar-refractivity contribution in [2.45, 2.75) is 69.9 Å². The van der Waals surface area contributed by atoms with Gasteiger partial charge in [0.15, 0.2) is 0 Å². The molecule has 2 N–H and O–H groups in total. The number of ether oxygens (including phenoxy) is 1. The highest BCUT2D eigenvalue weighted by Crippen LogP contribution is 2.44. The molecule has 1 aliphatic heterocycles. The van der Waals surface area contributed by atoms with E-state index in [9.17, 15) is 19.5 Å². The molecule has 1 saturated heterocycles. The number of nitrogens with zero attached hydrogens (tertiary/aromatic N) is 1. The summed E-state index contributed by atoms with van der Waals surface area (Å²) < 4.78 is 5.60. The first-order valence-electron chi connectivity index (χ1n) is 12.6. The van der Waals surface area contributed by atoms with Crippen molar-refractivity contribution in [3.05, 3.63) is 59.7 Å². The molecule has 2 atom stereocenters. The van der Waals surface area contributed by atoms with Crippen LogP contribution in [0.5, 0.6) is 0 Å². The number of aliphatic carboxylic acids is 1. The van der Waals surface area contributed by atoms with Crippen molar-refractivity contribution in [1.29, 1.82) is 0 Å². The van der Waals surface area contributed by atoms with E-state index in [0.717, 1.165) is 19.3 Å². The van der Waals surface area contributed by atoms with Gasteiger partial charge in [-0.15, -0.1) is 0 Å². The molecular weight excluding hydrogens is 444 g/mol. The predicted molar refractivity (Wildman–Crippen MR) is 133 cm³/mol. The minimum Gasteiger partial charge on any atom is -0.480 e. The Bertz CT molecular complexity index is 1020. The lowest BCUT2D eigenvalue weighted by Crippen LogP contribution is -2.44. The molecule has 2 aromatic carbocycles. The molecule has 2 aromatic rings. The number of carbonyl (C=O) groups excluding carboxylic acids is 2. The van der Waals surface area contributed by atoms with Crippen LogP contribution >= 0.6 is 0 Å². The van der Waals surface area contributed by atoms with Gasteiger partial charge < -0.3 is 20.1 Å². The van der Waals surface area contributed by atoms with Gasteiger partial charge in [-0.2, -0.15) is 0 Å². The third-order valence-corrected chi connectivity index (χ3v) is 7.09. The number of amides is 2. The first kappa shape index (κ1) is 24.8. The van der Waals surface area contributed by atoms with Gasteiger partial charge in [0.25, 0.3) is 0 Å². The highest BCUT2D eigenvalue weighted by atomic mass is 16.5. The van der Waals surface area contributed by atoms with Crippen molar-refractivity contribution in [3.63, 3.8) is 0 Å². The zero-order valence-corrected chi connectivity index (χ0v) is 20.2. The Morgan fingerprint density at radius 2 is 1.69 bits per heavy atom. The fourth-order valence-electron chi connectivity index (χ4n) is 5.28. The molecule has 1 aliphatic carbocycles. The van der Waals surface area contributed by atoms with Crippen LogP contribution in [0.3, 0.4) is 0 Å². The van der Waals surface area contributed by atoms with Crippen LogP contribution in [-0.4, -0.2) is 53.2 Å². The van der Waals surface area contributed by atoms with E-state index in [1.807, 2.05) is 31.2 Å². The number of carboxylic acids is 1. The number of benzene rings is 2. The van der Waals surface area contributed by atoms with Crippen LogP contribution in [0.4, 0.5) is 4.79 Å². The van der Waals surface area contributed by atoms with Gasteiger partial charge in [0, 0.05) is 24.9 Å². The van der Waals surface area contributed by atoms with Crippen LogP contribution in [0.2, 0.25) is 0 Å². The molecule has 7 heteroatoms. The Kier molecular flexibility index (Phi) is 8.06. The Labute approximate surface area is 206 Å². The van der Waals surface area contributed by atoms with Crippen LogP contribution < -0.4 is 5.32 Å². The fourth-order valence-corrected chi connectivity index (χ4v) is 5.28. The quantitative estimate of drug-likeness (QED) is 0.560. The zero-order chi connectivity index (χ0) is 24.8. The lowest BCUT2D eigenvalue weighted by atomic mass is 9.98. The highest BCUT2D eigenvalue weighted by molar-refractivity contribution is 5.83. The van der Waals surface area contributed by atoms with Gasteiger partial charge in [-0.1, -0.05) is 61.4 Å². The van der Waals surface area contributed by atoms with Gasteiger partial charge in [-0.05, 0) is 54.9 Å². The lowest BCUT2D eigenvalue weighted by molar-refractivity contribution is -0.150. The van der Waals surface area contributed by atoms with Gasteiger partial charge in [-0.3, -0.25) is 4.79 Å². The van der Waals surface area contributed by atoms with Crippen molar-refractivity contribution in [3.8, 4) is 11.1 Å². The summed E-state index contributed by atoms with van der Waals surface area (Å²) in [6.07, 6.45) is 4.14. The summed E-state index contributed by atoms with van der Waals surface area (Å²) in [7, 11) is 0. The number of alkyl carbamates (subject to hydrolysis) is 1. The number of hydrogen-bond donors (Lipinski definition) is 2. The molecular formula is C28H34N2O5. The van der Waals surface area contributed by atoms with Crippen molar-refractivity contribution in [2.24, 2.45) is 0 Å². The largest absolute Gasteiger partial charge is 0.480 e. The third-order valence-electron chi connectivity index (χ3n) is 7.09. The number of carbonyl (C=O) groups is 3. The fraction of sp³-hybridized carbons (Fsp3) is 0.464. The Hall–Kier alpha value is -3.35. The molecule has 186 valence electrons. The number of carboxylic acid groups (broad SMARTS) is 1. The van der Waals surface area contributed by atoms with E-state index in [0.29, 0.717) is 25.8 Å². The summed E-state index contributed by atoms with van der Waals surface area (Å²) in [6.45, 7) is 2.65. The molecule has 0 bridgehead atoms. The number of nitrogens with one attached hydrogen (secondary N) is 1.